The third-order valence-electron chi connectivity index (χ3n) is 4.04. The summed E-state index contributed by atoms with van der Waals surface area (Å²) in [4.78, 5) is 0.347. The van der Waals surface area contributed by atoms with Gasteiger partial charge in [-0.15, -0.1) is 12.4 Å². The second kappa shape index (κ2) is 8.13. The maximum Gasteiger partial charge on any atom is 0.240 e. The Morgan fingerprint density at radius 1 is 1.24 bits per heavy atom. The Labute approximate surface area is 134 Å². The molecule has 1 aliphatic carbocycles. The highest BCUT2D eigenvalue weighted by Gasteiger charge is 2.30. The molecule has 2 rings (SSSR count). The first kappa shape index (κ1) is 18.4. The number of sulfonamides is 1. The predicted octanol–water partition coefficient (Wildman–Crippen LogP) is 2.47. The molecule has 0 aromatic heterocycles. The Kier molecular flexibility index (Phi) is 7.13. The van der Waals surface area contributed by atoms with Crippen LogP contribution in [-0.2, 0) is 16.4 Å². The molecule has 0 radical (unpaired) electrons. The van der Waals surface area contributed by atoms with E-state index in [0.717, 1.165) is 32.1 Å². The van der Waals surface area contributed by atoms with E-state index in [1.165, 1.54) is 5.56 Å². The molecule has 1 aliphatic rings. The van der Waals surface area contributed by atoms with Gasteiger partial charge in [0.2, 0.25) is 10.0 Å². The Morgan fingerprint density at radius 3 is 2.48 bits per heavy atom. The van der Waals surface area contributed by atoms with Crippen LogP contribution < -0.4 is 10.5 Å². The fourth-order valence-corrected chi connectivity index (χ4v) is 4.20. The van der Waals surface area contributed by atoms with Crippen molar-refractivity contribution in [1.82, 2.24) is 4.72 Å². The minimum absolute atomic E-state index is 0. The maximum atomic E-state index is 12.4. The molecular formula is C15H25ClN2O2S. The van der Waals surface area contributed by atoms with E-state index < -0.39 is 10.0 Å². The van der Waals surface area contributed by atoms with Gasteiger partial charge in [-0.3, -0.25) is 0 Å². The lowest BCUT2D eigenvalue weighted by atomic mass is 10.1. The number of benzene rings is 1. The first-order valence-corrected chi connectivity index (χ1v) is 8.86. The van der Waals surface area contributed by atoms with Crippen LogP contribution in [0.5, 0.6) is 0 Å². The molecule has 4 nitrogen and oxygen atoms in total. The van der Waals surface area contributed by atoms with E-state index in [1.807, 2.05) is 12.1 Å². The summed E-state index contributed by atoms with van der Waals surface area (Å²) in [6, 6.07) is 7.17. The average Bonchev–Trinajstić information content (AvgIpc) is 2.86. The summed E-state index contributed by atoms with van der Waals surface area (Å²) >= 11 is 0. The van der Waals surface area contributed by atoms with Gasteiger partial charge >= 0.3 is 0 Å². The molecule has 3 N–H and O–H groups in total. The van der Waals surface area contributed by atoms with Crippen LogP contribution in [-0.4, -0.2) is 21.0 Å². The summed E-state index contributed by atoms with van der Waals surface area (Å²) in [5, 5.41) is 0. The summed E-state index contributed by atoms with van der Waals surface area (Å²) in [5.41, 5.74) is 6.87. The van der Waals surface area contributed by atoms with Gasteiger partial charge in [-0.25, -0.2) is 13.1 Å². The van der Waals surface area contributed by atoms with Crippen LogP contribution in [0.15, 0.2) is 29.2 Å². The number of halogens is 1. The van der Waals surface area contributed by atoms with Gasteiger partial charge in [0.1, 0.15) is 0 Å². The van der Waals surface area contributed by atoms with Gasteiger partial charge in [-0.2, -0.15) is 0 Å². The smallest absolute Gasteiger partial charge is 0.240 e. The number of rotatable bonds is 6. The van der Waals surface area contributed by atoms with Gasteiger partial charge in [-0.05, 0) is 49.4 Å². The fraction of sp³-hybridized carbons (Fsp3) is 0.600. The molecular weight excluding hydrogens is 308 g/mol. The van der Waals surface area contributed by atoms with Gasteiger partial charge in [0, 0.05) is 6.04 Å². The number of hydrogen-bond acceptors (Lipinski definition) is 3. The van der Waals surface area contributed by atoms with Crippen molar-refractivity contribution in [2.75, 3.05) is 6.54 Å². The second-order valence-electron chi connectivity index (χ2n) is 5.55. The highest BCUT2D eigenvalue weighted by atomic mass is 35.5. The van der Waals surface area contributed by atoms with Crippen molar-refractivity contribution in [3.8, 4) is 0 Å². The lowest BCUT2D eigenvalue weighted by Crippen LogP contribution is -2.39. The summed E-state index contributed by atoms with van der Waals surface area (Å²) in [5.74, 6) is 0.268. The molecule has 6 heteroatoms. The first-order chi connectivity index (χ1) is 9.56. The van der Waals surface area contributed by atoms with Gasteiger partial charge in [-0.1, -0.05) is 31.9 Å². The lowest BCUT2D eigenvalue weighted by Gasteiger charge is -2.19. The molecule has 0 bridgehead atoms. The van der Waals surface area contributed by atoms with E-state index in [2.05, 4.69) is 11.6 Å². The van der Waals surface area contributed by atoms with Gasteiger partial charge < -0.3 is 5.73 Å². The minimum atomic E-state index is -3.42. The van der Waals surface area contributed by atoms with Crippen LogP contribution in [0.3, 0.4) is 0 Å². The van der Waals surface area contributed by atoms with Gasteiger partial charge in [0.15, 0.2) is 0 Å². The quantitative estimate of drug-likeness (QED) is 0.840. The van der Waals surface area contributed by atoms with E-state index in [-0.39, 0.29) is 24.4 Å². The van der Waals surface area contributed by atoms with Crippen LogP contribution in [0, 0.1) is 5.92 Å². The van der Waals surface area contributed by atoms with E-state index in [9.17, 15) is 8.42 Å². The Morgan fingerprint density at radius 2 is 1.90 bits per heavy atom. The minimum Gasteiger partial charge on any atom is -0.330 e. The Hall–Kier alpha value is -0.620. The van der Waals surface area contributed by atoms with E-state index in [4.69, 9.17) is 5.73 Å². The molecule has 0 spiro atoms. The van der Waals surface area contributed by atoms with Crippen LogP contribution >= 0.6 is 12.4 Å². The van der Waals surface area contributed by atoms with E-state index in [1.54, 1.807) is 12.1 Å². The van der Waals surface area contributed by atoms with Crippen molar-refractivity contribution >= 4 is 22.4 Å². The largest absolute Gasteiger partial charge is 0.330 e. The van der Waals surface area contributed by atoms with Gasteiger partial charge in [0.25, 0.3) is 0 Å². The molecule has 0 amide bonds. The maximum absolute atomic E-state index is 12.4. The number of hydrogen-bond donors (Lipinski definition) is 2. The van der Waals surface area contributed by atoms with Crippen molar-refractivity contribution in [1.29, 1.82) is 0 Å². The summed E-state index contributed by atoms with van der Waals surface area (Å²) < 4.78 is 27.5. The van der Waals surface area contributed by atoms with Crippen molar-refractivity contribution < 1.29 is 8.42 Å². The molecule has 1 aromatic rings. The molecule has 0 saturated heterocycles. The summed E-state index contributed by atoms with van der Waals surface area (Å²) in [6.07, 6.45) is 4.98. The zero-order valence-corrected chi connectivity index (χ0v) is 14.1. The summed E-state index contributed by atoms with van der Waals surface area (Å²) in [6.45, 7) is 2.65. The van der Waals surface area contributed by atoms with E-state index >= 15 is 0 Å². The average molecular weight is 333 g/mol. The molecule has 0 heterocycles. The monoisotopic (exact) mass is 332 g/mol. The van der Waals surface area contributed by atoms with Crippen LogP contribution in [0.4, 0.5) is 0 Å². The highest BCUT2D eigenvalue weighted by Crippen LogP contribution is 2.26. The van der Waals surface area contributed by atoms with Crippen molar-refractivity contribution in [2.45, 2.75) is 50.0 Å². The third-order valence-corrected chi connectivity index (χ3v) is 5.55. The Balaban J connectivity index is 0.00000220. The topological polar surface area (TPSA) is 72.2 Å². The van der Waals surface area contributed by atoms with Gasteiger partial charge in [0.05, 0.1) is 4.90 Å². The zero-order valence-electron chi connectivity index (χ0n) is 12.4. The molecule has 0 aliphatic heterocycles. The van der Waals surface area contributed by atoms with E-state index in [0.29, 0.717) is 11.4 Å². The lowest BCUT2D eigenvalue weighted by molar-refractivity contribution is 0.453. The Bertz CT molecular complexity index is 531. The molecule has 1 saturated carbocycles. The number of nitrogens with one attached hydrogen (secondary N) is 1. The fourth-order valence-electron chi connectivity index (χ4n) is 2.87. The highest BCUT2D eigenvalue weighted by molar-refractivity contribution is 7.89. The third kappa shape index (κ3) is 4.68. The SMILES string of the molecule is CCCc1ccc(S(=O)(=O)NC2CCCC2CN)cc1.Cl. The molecule has 1 fully saturated rings. The zero-order chi connectivity index (χ0) is 14.6. The number of nitrogens with two attached hydrogens (primary N) is 1. The van der Waals surface area contributed by atoms with Crippen molar-refractivity contribution in [3.05, 3.63) is 29.8 Å². The van der Waals surface area contributed by atoms with Crippen molar-refractivity contribution in [3.63, 3.8) is 0 Å². The van der Waals surface area contributed by atoms with Crippen LogP contribution in [0.25, 0.3) is 0 Å². The normalized spacial score (nSPS) is 22.0. The summed E-state index contributed by atoms with van der Waals surface area (Å²) in [7, 11) is -3.42. The van der Waals surface area contributed by atoms with Crippen LogP contribution in [0.2, 0.25) is 0 Å². The molecule has 21 heavy (non-hydrogen) atoms. The second-order valence-corrected chi connectivity index (χ2v) is 7.26. The molecule has 1 aromatic carbocycles. The predicted molar refractivity (Wildman–Crippen MR) is 88.2 cm³/mol. The van der Waals surface area contributed by atoms with Crippen LogP contribution in [0.1, 0.15) is 38.2 Å². The molecule has 2 atom stereocenters. The van der Waals surface area contributed by atoms with Crippen molar-refractivity contribution in [2.24, 2.45) is 11.7 Å². The standard InChI is InChI=1S/C15H24N2O2S.ClH/c1-2-4-12-7-9-14(10-8-12)20(18,19)17-15-6-3-5-13(15)11-16;/h7-10,13,15,17H,2-6,11,16H2,1H3;1H. The number of aryl methyl sites for hydroxylation is 1. The first-order valence-electron chi connectivity index (χ1n) is 7.38. The molecule has 2 unspecified atom stereocenters. The molecule has 120 valence electrons.